The van der Waals surface area contributed by atoms with Crippen LogP contribution >= 0.6 is 0 Å². The van der Waals surface area contributed by atoms with Crippen LogP contribution in [0.4, 0.5) is 4.39 Å². The molecule has 2 heterocycles. The summed E-state index contributed by atoms with van der Waals surface area (Å²) >= 11 is 0. The van der Waals surface area contributed by atoms with Gasteiger partial charge in [-0.1, -0.05) is 30.1 Å². The third-order valence-corrected chi connectivity index (χ3v) is 5.13. The first-order chi connectivity index (χ1) is 12.6. The van der Waals surface area contributed by atoms with Crippen LogP contribution < -0.4 is 0 Å². The topological polar surface area (TPSA) is 66.7 Å². The van der Waals surface area contributed by atoms with E-state index >= 15 is 0 Å². The summed E-state index contributed by atoms with van der Waals surface area (Å²) in [6, 6.07) is 7.95. The Hall–Kier alpha value is -2.70. The lowest BCUT2D eigenvalue weighted by Crippen LogP contribution is -2.56. The van der Waals surface area contributed by atoms with Crippen LogP contribution in [0.25, 0.3) is 11.3 Å². The molecule has 0 spiro atoms. The second-order valence-corrected chi connectivity index (χ2v) is 6.85. The van der Waals surface area contributed by atoms with E-state index in [4.69, 9.17) is 4.52 Å². The van der Waals surface area contributed by atoms with E-state index in [-0.39, 0.29) is 18.4 Å². The first-order valence-electron chi connectivity index (χ1n) is 8.93. The van der Waals surface area contributed by atoms with E-state index in [1.807, 2.05) is 0 Å². The van der Waals surface area contributed by atoms with Crippen LogP contribution in [0.5, 0.6) is 0 Å². The summed E-state index contributed by atoms with van der Waals surface area (Å²) in [7, 11) is 0. The number of carbonyl (C=O) groups is 2. The van der Waals surface area contributed by atoms with Crippen molar-refractivity contribution in [2.75, 3.05) is 13.1 Å². The summed E-state index contributed by atoms with van der Waals surface area (Å²) in [6.07, 6.45) is 4.21. The van der Waals surface area contributed by atoms with Crippen molar-refractivity contribution < 1.29 is 18.5 Å². The number of amides is 2. The Morgan fingerprint density at radius 3 is 2.69 bits per heavy atom. The number of aromatic nitrogens is 1. The molecule has 1 saturated carbocycles. The predicted molar refractivity (Wildman–Crippen MR) is 91.3 cm³/mol. The van der Waals surface area contributed by atoms with Crippen LogP contribution in [0.3, 0.4) is 0 Å². The first kappa shape index (κ1) is 16.8. The molecule has 1 aliphatic heterocycles. The average molecular weight is 357 g/mol. The molecular weight excluding hydrogens is 337 g/mol. The number of halogens is 1. The Labute approximate surface area is 150 Å². The molecule has 2 aliphatic rings. The van der Waals surface area contributed by atoms with Crippen LogP contribution in [-0.2, 0) is 16.1 Å². The van der Waals surface area contributed by atoms with Gasteiger partial charge < -0.3 is 14.3 Å². The normalized spacial score (nSPS) is 18.8. The van der Waals surface area contributed by atoms with Gasteiger partial charge in [-0.05, 0) is 25.0 Å². The van der Waals surface area contributed by atoms with Crippen molar-refractivity contribution in [3.63, 3.8) is 0 Å². The largest absolute Gasteiger partial charge is 0.359 e. The minimum absolute atomic E-state index is 0.186. The van der Waals surface area contributed by atoms with Gasteiger partial charge in [0.2, 0.25) is 0 Å². The van der Waals surface area contributed by atoms with Crippen LogP contribution in [-0.4, -0.2) is 45.9 Å². The summed E-state index contributed by atoms with van der Waals surface area (Å²) in [5.74, 6) is -0.796. The summed E-state index contributed by atoms with van der Waals surface area (Å²) < 4.78 is 18.6. The highest BCUT2D eigenvalue weighted by Gasteiger charge is 2.37. The molecule has 0 unspecified atom stereocenters. The van der Waals surface area contributed by atoms with E-state index in [0.29, 0.717) is 30.1 Å². The molecular formula is C19H20FN3O3. The molecule has 0 N–H and O–H groups in total. The van der Waals surface area contributed by atoms with Crippen molar-refractivity contribution in [1.82, 2.24) is 15.0 Å². The molecule has 0 bridgehead atoms. The molecule has 6 nitrogen and oxygen atoms in total. The van der Waals surface area contributed by atoms with E-state index in [2.05, 4.69) is 5.16 Å². The molecule has 2 fully saturated rings. The smallest absolute Gasteiger partial charge is 0.312 e. The summed E-state index contributed by atoms with van der Waals surface area (Å²) in [4.78, 5) is 28.1. The number of hydrogen-bond acceptors (Lipinski definition) is 4. The molecule has 0 atom stereocenters. The van der Waals surface area contributed by atoms with Crippen molar-refractivity contribution in [3.8, 4) is 11.3 Å². The maximum atomic E-state index is 13.3. The van der Waals surface area contributed by atoms with E-state index in [1.165, 1.54) is 17.0 Å². The predicted octanol–water partition coefficient (Wildman–Crippen LogP) is 2.59. The van der Waals surface area contributed by atoms with Gasteiger partial charge >= 0.3 is 11.8 Å². The lowest BCUT2D eigenvalue weighted by Gasteiger charge is -2.36. The number of carbonyl (C=O) groups excluding carboxylic acids is 2. The molecule has 1 saturated heterocycles. The Kier molecular flexibility index (Phi) is 4.44. The van der Waals surface area contributed by atoms with Crippen molar-refractivity contribution >= 4 is 11.8 Å². The van der Waals surface area contributed by atoms with Crippen LogP contribution in [0, 0.1) is 5.82 Å². The van der Waals surface area contributed by atoms with Crippen molar-refractivity contribution in [3.05, 3.63) is 41.9 Å². The molecule has 136 valence electrons. The van der Waals surface area contributed by atoms with Crippen LogP contribution in [0.1, 0.15) is 31.4 Å². The number of benzene rings is 1. The minimum Gasteiger partial charge on any atom is -0.359 e. The zero-order chi connectivity index (χ0) is 18.1. The monoisotopic (exact) mass is 357 g/mol. The number of hydrogen-bond donors (Lipinski definition) is 0. The SMILES string of the molecule is O=C1C(=O)N(C2CCCC2)CCN1Cc1cc(-c2cccc(F)c2)no1. The Morgan fingerprint density at radius 1 is 1.12 bits per heavy atom. The fourth-order valence-corrected chi connectivity index (χ4v) is 3.76. The van der Waals surface area contributed by atoms with E-state index < -0.39 is 11.8 Å². The van der Waals surface area contributed by atoms with Gasteiger partial charge in [0.05, 0.1) is 6.54 Å². The zero-order valence-corrected chi connectivity index (χ0v) is 14.4. The molecule has 2 aromatic rings. The highest BCUT2D eigenvalue weighted by atomic mass is 19.1. The molecule has 1 aromatic carbocycles. The highest BCUT2D eigenvalue weighted by molar-refractivity contribution is 6.35. The van der Waals surface area contributed by atoms with E-state index in [0.717, 1.165) is 25.7 Å². The average Bonchev–Trinajstić information content (AvgIpc) is 3.31. The second-order valence-electron chi connectivity index (χ2n) is 6.85. The van der Waals surface area contributed by atoms with Gasteiger partial charge in [-0.15, -0.1) is 0 Å². The molecule has 4 rings (SSSR count). The molecule has 1 aromatic heterocycles. The number of nitrogens with zero attached hydrogens (tertiary/aromatic N) is 3. The summed E-state index contributed by atoms with van der Waals surface area (Å²) in [5, 5.41) is 3.94. The molecule has 1 aliphatic carbocycles. The quantitative estimate of drug-likeness (QED) is 0.789. The highest BCUT2D eigenvalue weighted by Crippen LogP contribution is 2.26. The third kappa shape index (κ3) is 3.21. The van der Waals surface area contributed by atoms with Crippen molar-refractivity contribution in [2.24, 2.45) is 0 Å². The Morgan fingerprint density at radius 2 is 1.92 bits per heavy atom. The fraction of sp³-hybridized carbons (Fsp3) is 0.421. The lowest BCUT2D eigenvalue weighted by molar-refractivity contribution is -0.158. The summed E-state index contributed by atoms with van der Waals surface area (Å²) in [6.45, 7) is 1.22. The minimum atomic E-state index is -0.494. The maximum absolute atomic E-state index is 13.3. The van der Waals surface area contributed by atoms with Crippen LogP contribution in [0.15, 0.2) is 34.9 Å². The standard InChI is InChI=1S/C19H20FN3O3/c20-14-5-3-4-13(10-14)17-11-16(26-21-17)12-22-8-9-23(19(25)18(22)24)15-6-1-2-7-15/h3-5,10-11,15H,1-2,6-9,12H2. The van der Waals surface area contributed by atoms with Crippen molar-refractivity contribution in [1.29, 1.82) is 0 Å². The van der Waals surface area contributed by atoms with Gasteiger partial charge in [0.1, 0.15) is 11.5 Å². The summed E-state index contributed by atoms with van der Waals surface area (Å²) in [5.41, 5.74) is 1.11. The maximum Gasteiger partial charge on any atom is 0.312 e. The third-order valence-electron chi connectivity index (χ3n) is 5.13. The van der Waals surface area contributed by atoms with Crippen molar-refractivity contribution in [2.45, 2.75) is 38.3 Å². The second kappa shape index (κ2) is 6.90. The Bertz CT molecular complexity index is 829. The van der Waals surface area contributed by atoms with Gasteiger partial charge in [-0.25, -0.2) is 4.39 Å². The Balaban J connectivity index is 1.43. The van der Waals surface area contributed by atoms with Gasteiger partial charge in [-0.3, -0.25) is 9.59 Å². The molecule has 7 heteroatoms. The number of piperazine rings is 1. The van der Waals surface area contributed by atoms with Gasteiger partial charge in [0.15, 0.2) is 5.76 Å². The molecule has 0 radical (unpaired) electrons. The van der Waals surface area contributed by atoms with E-state index in [9.17, 15) is 14.0 Å². The van der Waals surface area contributed by atoms with E-state index in [1.54, 1.807) is 23.1 Å². The van der Waals surface area contributed by atoms with Crippen LogP contribution in [0.2, 0.25) is 0 Å². The fourth-order valence-electron chi connectivity index (χ4n) is 3.76. The van der Waals surface area contributed by atoms with Gasteiger partial charge in [-0.2, -0.15) is 0 Å². The lowest BCUT2D eigenvalue weighted by atomic mass is 10.1. The molecule has 26 heavy (non-hydrogen) atoms. The first-order valence-corrected chi connectivity index (χ1v) is 8.93. The zero-order valence-electron chi connectivity index (χ0n) is 14.4. The number of rotatable bonds is 4. The van der Waals surface area contributed by atoms with Gasteiger partial charge in [0, 0.05) is 30.8 Å². The van der Waals surface area contributed by atoms with Gasteiger partial charge in [0.25, 0.3) is 0 Å². The molecule has 2 amide bonds.